The first-order valence-corrected chi connectivity index (χ1v) is 7.34. The predicted octanol–water partition coefficient (Wildman–Crippen LogP) is 2.90. The molecule has 0 aliphatic carbocycles. The van der Waals surface area contributed by atoms with Crippen molar-refractivity contribution in [3.8, 4) is 5.75 Å². The Kier molecular flexibility index (Phi) is 5.74. The van der Waals surface area contributed by atoms with E-state index < -0.39 is 0 Å². The van der Waals surface area contributed by atoms with Crippen LogP contribution in [0.3, 0.4) is 0 Å². The molecule has 0 aliphatic heterocycles. The zero-order chi connectivity index (χ0) is 16.7. The number of hydrogen-bond donors (Lipinski definition) is 2. The highest BCUT2D eigenvalue weighted by molar-refractivity contribution is 5.91. The molecule has 0 bridgehead atoms. The summed E-state index contributed by atoms with van der Waals surface area (Å²) >= 11 is 0. The van der Waals surface area contributed by atoms with Gasteiger partial charge in [0.1, 0.15) is 5.75 Å². The van der Waals surface area contributed by atoms with Crippen molar-refractivity contribution < 1.29 is 14.3 Å². The van der Waals surface area contributed by atoms with Gasteiger partial charge in [0.2, 0.25) is 11.8 Å². The van der Waals surface area contributed by atoms with Crippen LogP contribution in [0.4, 0.5) is 5.69 Å². The number of carbonyl (C=O) groups is 2. The Balaban J connectivity index is 2.08. The Hall–Kier alpha value is -2.82. The summed E-state index contributed by atoms with van der Waals surface area (Å²) in [6, 6.07) is 16.1. The summed E-state index contributed by atoms with van der Waals surface area (Å²) < 4.78 is 5.12. The molecule has 1 atom stereocenters. The molecule has 0 aliphatic rings. The van der Waals surface area contributed by atoms with Crippen molar-refractivity contribution in [3.63, 3.8) is 0 Å². The summed E-state index contributed by atoms with van der Waals surface area (Å²) in [6.45, 7) is 1.44. The minimum Gasteiger partial charge on any atom is -0.497 e. The Morgan fingerprint density at radius 2 is 1.70 bits per heavy atom. The molecule has 0 saturated heterocycles. The number of nitrogens with one attached hydrogen (secondary N) is 2. The number of para-hydroxylation sites is 1. The average molecular weight is 312 g/mol. The summed E-state index contributed by atoms with van der Waals surface area (Å²) in [5.41, 5.74) is 1.58. The number of hydrogen-bond acceptors (Lipinski definition) is 3. The molecular weight excluding hydrogens is 292 g/mol. The molecule has 0 spiro atoms. The molecule has 0 fully saturated rings. The molecule has 2 rings (SSSR count). The number of carbonyl (C=O) groups excluding carboxylic acids is 2. The molecule has 5 heteroatoms. The van der Waals surface area contributed by atoms with Crippen LogP contribution in [0.1, 0.15) is 24.9 Å². The van der Waals surface area contributed by atoms with Crippen LogP contribution in [0, 0.1) is 0 Å². The Labute approximate surface area is 135 Å². The van der Waals surface area contributed by atoms with Gasteiger partial charge in [-0.3, -0.25) is 9.59 Å². The minimum absolute atomic E-state index is 0.154. The normalized spacial score (nSPS) is 11.4. The maximum atomic E-state index is 12.2. The van der Waals surface area contributed by atoms with Gasteiger partial charge in [-0.1, -0.05) is 30.3 Å². The summed E-state index contributed by atoms with van der Waals surface area (Å²) in [7, 11) is 1.59. The van der Waals surface area contributed by atoms with Crippen LogP contribution in [0.25, 0.3) is 0 Å². The van der Waals surface area contributed by atoms with E-state index >= 15 is 0 Å². The van der Waals surface area contributed by atoms with Crippen molar-refractivity contribution in [2.75, 3.05) is 12.4 Å². The van der Waals surface area contributed by atoms with E-state index in [4.69, 9.17) is 4.74 Å². The largest absolute Gasteiger partial charge is 0.497 e. The van der Waals surface area contributed by atoms with E-state index in [1.54, 1.807) is 19.2 Å². The second-order valence-corrected chi connectivity index (χ2v) is 5.14. The number of methoxy groups -OCH3 is 1. The number of rotatable bonds is 6. The van der Waals surface area contributed by atoms with Crippen molar-refractivity contribution >= 4 is 17.5 Å². The number of benzene rings is 2. The van der Waals surface area contributed by atoms with Crippen molar-refractivity contribution in [2.24, 2.45) is 0 Å². The maximum Gasteiger partial charge on any atom is 0.226 e. The molecule has 2 aromatic carbocycles. The third-order valence-corrected chi connectivity index (χ3v) is 3.34. The molecular formula is C18H20N2O3. The second-order valence-electron chi connectivity index (χ2n) is 5.14. The van der Waals surface area contributed by atoms with Crippen molar-refractivity contribution in [2.45, 2.75) is 19.4 Å². The molecule has 120 valence electrons. The van der Waals surface area contributed by atoms with Gasteiger partial charge in [-0.15, -0.1) is 0 Å². The number of ether oxygens (including phenoxy) is 1. The van der Waals surface area contributed by atoms with Crippen LogP contribution in [0.5, 0.6) is 5.75 Å². The summed E-state index contributed by atoms with van der Waals surface area (Å²) in [6.07, 6.45) is 0.154. The lowest BCUT2D eigenvalue weighted by Gasteiger charge is -2.18. The standard InChI is InChI=1S/C18H20N2O3/c1-13(21)19-17(14-8-10-16(23-2)11-9-14)12-18(22)20-15-6-4-3-5-7-15/h3-11,17H,12H2,1-2H3,(H,19,21)(H,20,22). The Morgan fingerprint density at radius 1 is 1.04 bits per heavy atom. The predicted molar refractivity (Wildman–Crippen MR) is 89.2 cm³/mol. The second kappa shape index (κ2) is 7.98. The lowest BCUT2D eigenvalue weighted by molar-refractivity contribution is -0.120. The average Bonchev–Trinajstić information content (AvgIpc) is 2.55. The van der Waals surface area contributed by atoms with Crippen LogP contribution >= 0.6 is 0 Å². The summed E-state index contributed by atoms with van der Waals surface area (Å²) in [5, 5.41) is 5.63. The molecule has 0 radical (unpaired) electrons. The zero-order valence-electron chi connectivity index (χ0n) is 13.2. The van der Waals surface area contributed by atoms with E-state index in [9.17, 15) is 9.59 Å². The van der Waals surface area contributed by atoms with Crippen molar-refractivity contribution in [1.29, 1.82) is 0 Å². The molecule has 0 saturated carbocycles. The van der Waals surface area contributed by atoms with Crippen LogP contribution < -0.4 is 15.4 Å². The molecule has 2 aromatic rings. The molecule has 0 aromatic heterocycles. The SMILES string of the molecule is COc1ccc(C(CC(=O)Nc2ccccc2)NC(C)=O)cc1. The first-order valence-electron chi connectivity index (χ1n) is 7.34. The molecule has 5 nitrogen and oxygen atoms in total. The van der Waals surface area contributed by atoms with E-state index in [0.29, 0.717) is 0 Å². The molecule has 1 unspecified atom stereocenters. The van der Waals surface area contributed by atoms with Gasteiger partial charge in [0.15, 0.2) is 0 Å². The first-order chi connectivity index (χ1) is 11.1. The third-order valence-electron chi connectivity index (χ3n) is 3.34. The van der Waals surface area contributed by atoms with Gasteiger partial charge in [0.25, 0.3) is 0 Å². The smallest absolute Gasteiger partial charge is 0.226 e. The highest BCUT2D eigenvalue weighted by Gasteiger charge is 2.17. The van der Waals surface area contributed by atoms with E-state index in [0.717, 1.165) is 17.0 Å². The fraction of sp³-hybridized carbons (Fsp3) is 0.222. The molecule has 2 N–H and O–H groups in total. The van der Waals surface area contributed by atoms with Gasteiger partial charge >= 0.3 is 0 Å². The quantitative estimate of drug-likeness (QED) is 0.862. The van der Waals surface area contributed by atoms with E-state index in [1.807, 2.05) is 42.5 Å². The lowest BCUT2D eigenvalue weighted by atomic mass is 10.0. The summed E-state index contributed by atoms with van der Waals surface area (Å²) in [5.74, 6) is 0.383. The van der Waals surface area contributed by atoms with E-state index in [1.165, 1.54) is 6.92 Å². The zero-order valence-corrected chi connectivity index (χ0v) is 13.2. The van der Waals surface area contributed by atoms with Crippen LogP contribution in [-0.2, 0) is 9.59 Å². The van der Waals surface area contributed by atoms with E-state index in [2.05, 4.69) is 10.6 Å². The molecule has 23 heavy (non-hydrogen) atoms. The molecule has 0 heterocycles. The fourth-order valence-electron chi connectivity index (χ4n) is 2.25. The monoisotopic (exact) mass is 312 g/mol. The number of amides is 2. The summed E-state index contributed by atoms with van der Waals surface area (Å²) in [4.78, 5) is 23.6. The fourth-order valence-corrected chi connectivity index (χ4v) is 2.25. The highest BCUT2D eigenvalue weighted by Crippen LogP contribution is 2.21. The number of anilines is 1. The van der Waals surface area contributed by atoms with Gasteiger partial charge in [0, 0.05) is 12.6 Å². The van der Waals surface area contributed by atoms with Gasteiger partial charge in [-0.25, -0.2) is 0 Å². The third kappa shape index (κ3) is 5.14. The van der Waals surface area contributed by atoms with Crippen molar-refractivity contribution in [1.82, 2.24) is 5.32 Å². The topological polar surface area (TPSA) is 67.4 Å². The van der Waals surface area contributed by atoms with E-state index in [-0.39, 0.29) is 24.3 Å². The van der Waals surface area contributed by atoms with Gasteiger partial charge < -0.3 is 15.4 Å². The maximum absolute atomic E-state index is 12.2. The van der Waals surface area contributed by atoms with Crippen LogP contribution in [-0.4, -0.2) is 18.9 Å². The van der Waals surface area contributed by atoms with Crippen LogP contribution in [0.15, 0.2) is 54.6 Å². The minimum atomic E-state index is -0.387. The van der Waals surface area contributed by atoms with Crippen molar-refractivity contribution in [3.05, 3.63) is 60.2 Å². The van der Waals surface area contributed by atoms with Gasteiger partial charge in [0.05, 0.1) is 19.6 Å². The lowest BCUT2D eigenvalue weighted by Crippen LogP contribution is -2.29. The first kappa shape index (κ1) is 16.5. The molecule has 2 amide bonds. The van der Waals surface area contributed by atoms with Crippen LogP contribution in [0.2, 0.25) is 0 Å². The highest BCUT2D eigenvalue weighted by atomic mass is 16.5. The Morgan fingerprint density at radius 3 is 2.26 bits per heavy atom. The van der Waals surface area contributed by atoms with Gasteiger partial charge in [-0.2, -0.15) is 0 Å². The Bertz CT molecular complexity index is 654. The van der Waals surface area contributed by atoms with Gasteiger partial charge in [-0.05, 0) is 29.8 Å².